The van der Waals surface area contributed by atoms with Crippen LogP contribution in [0.1, 0.15) is 31.9 Å². The quantitative estimate of drug-likeness (QED) is 0.597. The van der Waals surface area contributed by atoms with Crippen molar-refractivity contribution < 1.29 is 9.59 Å². The molecule has 1 aromatic heterocycles. The highest BCUT2D eigenvalue weighted by molar-refractivity contribution is 7.10. The van der Waals surface area contributed by atoms with Gasteiger partial charge in [-0.1, -0.05) is 42.0 Å². The first-order chi connectivity index (χ1) is 13.4. The first-order valence-corrected chi connectivity index (χ1v) is 9.83. The monoisotopic (exact) mass is 390 g/mol. The van der Waals surface area contributed by atoms with Gasteiger partial charge in [-0.25, -0.2) is 0 Å². The summed E-state index contributed by atoms with van der Waals surface area (Å²) in [4.78, 5) is 26.5. The minimum absolute atomic E-state index is 0.204. The number of carbonyl (C=O) groups excluding carboxylic acids is 2. The molecule has 0 saturated heterocycles. The van der Waals surface area contributed by atoms with Crippen LogP contribution in [0.25, 0.3) is 6.08 Å². The van der Waals surface area contributed by atoms with Crippen LogP contribution in [-0.2, 0) is 4.79 Å². The van der Waals surface area contributed by atoms with Crippen LogP contribution < -0.4 is 10.6 Å². The second kappa shape index (κ2) is 8.67. The SMILES string of the molecule is Cc1cc(C)c(NC(=O)/C(=C/c2cccs2)NC(=O)c2ccccc2)c(C)c1. The number of anilines is 1. The van der Waals surface area contributed by atoms with E-state index in [1.54, 1.807) is 30.3 Å². The molecule has 2 amide bonds. The number of nitrogens with one attached hydrogen (secondary N) is 2. The van der Waals surface area contributed by atoms with Crippen molar-refractivity contribution in [3.05, 3.63) is 92.8 Å². The van der Waals surface area contributed by atoms with Crippen LogP contribution >= 0.6 is 11.3 Å². The van der Waals surface area contributed by atoms with E-state index in [1.165, 1.54) is 11.3 Å². The predicted molar refractivity (Wildman–Crippen MR) is 115 cm³/mol. The highest BCUT2D eigenvalue weighted by Gasteiger charge is 2.17. The Kier molecular flexibility index (Phi) is 6.06. The molecule has 0 aliphatic heterocycles. The maximum Gasteiger partial charge on any atom is 0.272 e. The minimum atomic E-state index is -0.354. The van der Waals surface area contributed by atoms with Gasteiger partial charge < -0.3 is 10.6 Å². The Morgan fingerprint density at radius 2 is 1.61 bits per heavy atom. The molecule has 0 saturated carbocycles. The van der Waals surface area contributed by atoms with Crippen LogP contribution in [-0.4, -0.2) is 11.8 Å². The van der Waals surface area contributed by atoms with Crippen LogP contribution in [0.5, 0.6) is 0 Å². The van der Waals surface area contributed by atoms with Gasteiger partial charge in [-0.3, -0.25) is 9.59 Å². The van der Waals surface area contributed by atoms with Crippen LogP contribution in [0.3, 0.4) is 0 Å². The van der Waals surface area contributed by atoms with Gasteiger partial charge in [0.25, 0.3) is 11.8 Å². The van der Waals surface area contributed by atoms with Gasteiger partial charge in [0.05, 0.1) is 0 Å². The van der Waals surface area contributed by atoms with Gasteiger partial charge in [0.15, 0.2) is 0 Å². The third-order valence-corrected chi connectivity index (χ3v) is 5.09. The molecule has 3 aromatic rings. The Morgan fingerprint density at radius 3 is 2.21 bits per heavy atom. The van der Waals surface area contributed by atoms with Crippen LogP contribution in [0, 0.1) is 20.8 Å². The predicted octanol–water partition coefficient (Wildman–Crippen LogP) is 5.08. The highest BCUT2D eigenvalue weighted by Crippen LogP contribution is 2.23. The maximum absolute atomic E-state index is 13.0. The van der Waals surface area contributed by atoms with Gasteiger partial charge in [0.2, 0.25) is 0 Å². The molecular weight excluding hydrogens is 368 g/mol. The van der Waals surface area contributed by atoms with E-state index in [4.69, 9.17) is 0 Å². The van der Waals surface area contributed by atoms with Gasteiger partial charge in [0, 0.05) is 16.1 Å². The summed E-state index contributed by atoms with van der Waals surface area (Å²) in [5, 5.41) is 7.64. The van der Waals surface area contributed by atoms with Gasteiger partial charge >= 0.3 is 0 Å². The first-order valence-electron chi connectivity index (χ1n) is 8.95. The molecule has 2 N–H and O–H groups in total. The van der Waals surface area contributed by atoms with E-state index >= 15 is 0 Å². The van der Waals surface area contributed by atoms with E-state index in [2.05, 4.69) is 10.6 Å². The van der Waals surface area contributed by atoms with Crippen molar-refractivity contribution in [2.24, 2.45) is 0 Å². The molecule has 0 bridgehead atoms. The number of rotatable bonds is 5. The first kappa shape index (κ1) is 19.6. The third kappa shape index (κ3) is 4.75. The maximum atomic E-state index is 13.0. The fraction of sp³-hybridized carbons (Fsp3) is 0.130. The molecule has 0 aliphatic rings. The molecule has 28 heavy (non-hydrogen) atoms. The van der Waals surface area contributed by atoms with E-state index in [0.717, 1.165) is 27.3 Å². The van der Waals surface area contributed by atoms with E-state index in [1.807, 2.05) is 56.5 Å². The van der Waals surface area contributed by atoms with E-state index in [-0.39, 0.29) is 17.5 Å². The summed E-state index contributed by atoms with van der Waals surface area (Å²) in [6, 6.07) is 16.7. The smallest absolute Gasteiger partial charge is 0.272 e. The van der Waals surface area contributed by atoms with Crippen molar-refractivity contribution in [3.8, 4) is 0 Å². The lowest BCUT2D eigenvalue weighted by Gasteiger charge is -2.15. The molecule has 142 valence electrons. The summed E-state index contributed by atoms with van der Waals surface area (Å²) in [5.41, 5.74) is 4.57. The van der Waals surface area contributed by atoms with E-state index < -0.39 is 0 Å². The Morgan fingerprint density at radius 1 is 0.929 bits per heavy atom. The number of amides is 2. The van der Waals surface area contributed by atoms with E-state index in [9.17, 15) is 9.59 Å². The molecule has 2 aromatic carbocycles. The Labute approximate surface area is 168 Å². The molecular formula is C23H22N2O2S. The van der Waals surface area contributed by atoms with Crippen LogP contribution in [0.4, 0.5) is 5.69 Å². The fourth-order valence-electron chi connectivity index (χ4n) is 3.02. The summed E-state index contributed by atoms with van der Waals surface area (Å²) in [5.74, 6) is -0.677. The zero-order valence-electron chi connectivity index (χ0n) is 16.1. The summed E-state index contributed by atoms with van der Waals surface area (Å²) < 4.78 is 0. The van der Waals surface area contributed by atoms with Crippen LogP contribution in [0.2, 0.25) is 0 Å². The van der Waals surface area contributed by atoms with Gasteiger partial charge in [0.1, 0.15) is 5.70 Å². The minimum Gasteiger partial charge on any atom is -0.320 e. The average Bonchev–Trinajstić information content (AvgIpc) is 3.17. The lowest BCUT2D eigenvalue weighted by Crippen LogP contribution is -2.31. The molecule has 4 nitrogen and oxygen atoms in total. The number of carbonyl (C=O) groups is 2. The summed E-state index contributed by atoms with van der Waals surface area (Å²) >= 11 is 1.50. The van der Waals surface area contributed by atoms with Crippen molar-refractivity contribution in [1.82, 2.24) is 5.32 Å². The van der Waals surface area contributed by atoms with Crippen molar-refractivity contribution in [2.75, 3.05) is 5.32 Å². The molecule has 5 heteroatoms. The largest absolute Gasteiger partial charge is 0.320 e. The van der Waals surface area contributed by atoms with E-state index in [0.29, 0.717) is 5.56 Å². The lowest BCUT2D eigenvalue weighted by atomic mass is 10.0. The molecule has 0 unspecified atom stereocenters. The topological polar surface area (TPSA) is 58.2 Å². The summed E-state index contributed by atoms with van der Waals surface area (Å²) in [7, 11) is 0. The average molecular weight is 391 g/mol. The molecule has 3 rings (SSSR count). The summed E-state index contributed by atoms with van der Waals surface area (Å²) in [6.45, 7) is 5.94. The molecule has 0 radical (unpaired) electrons. The number of aryl methyl sites for hydroxylation is 3. The number of hydrogen-bond donors (Lipinski definition) is 2. The standard InChI is InChI=1S/C23H22N2O2S/c1-15-12-16(2)21(17(3)13-15)25-23(27)20(14-19-10-7-11-28-19)24-22(26)18-8-5-4-6-9-18/h4-14H,1-3H3,(H,24,26)(H,25,27)/b20-14-. The molecule has 1 heterocycles. The van der Waals surface area contributed by atoms with Crippen molar-refractivity contribution in [1.29, 1.82) is 0 Å². The highest BCUT2D eigenvalue weighted by atomic mass is 32.1. The number of hydrogen-bond acceptors (Lipinski definition) is 3. The Bertz CT molecular complexity index is 999. The van der Waals surface area contributed by atoms with Gasteiger partial charge in [-0.05, 0) is 61.6 Å². The zero-order chi connectivity index (χ0) is 20.1. The Balaban J connectivity index is 1.89. The second-order valence-electron chi connectivity index (χ2n) is 6.62. The normalized spacial score (nSPS) is 11.2. The number of benzene rings is 2. The number of thiophene rings is 1. The van der Waals surface area contributed by atoms with Crippen molar-refractivity contribution in [2.45, 2.75) is 20.8 Å². The molecule has 0 atom stereocenters. The fourth-order valence-corrected chi connectivity index (χ4v) is 3.67. The zero-order valence-corrected chi connectivity index (χ0v) is 16.9. The lowest BCUT2D eigenvalue weighted by molar-refractivity contribution is -0.113. The Hall–Kier alpha value is -3.18. The molecule has 0 spiro atoms. The van der Waals surface area contributed by atoms with Crippen molar-refractivity contribution >= 4 is 34.9 Å². The third-order valence-electron chi connectivity index (χ3n) is 4.27. The van der Waals surface area contributed by atoms with Crippen molar-refractivity contribution in [3.63, 3.8) is 0 Å². The molecule has 0 fully saturated rings. The van der Waals surface area contributed by atoms with Gasteiger partial charge in [-0.2, -0.15) is 0 Å². The summed E-state index contributed by atoms with van der Waals surface area (Å²) in [6.07, 6.45) is 1.69. The second-order valence-corrected chi connectivity index (χ2v) is 7.60. The molecule has 0 aliphatic carbocycles. The van der Waals surface area contributed by atoms with Gasteiger partial charge in [-0.15, -0.1) is 11.3 Å². The van der Waals surface area contributed by atoms with Crippen LogP contribution in [0.15, 0.2) is 65.7 Å².